The Labute approximate surface area is 151 Å². The van der Waals surface area contributed by atoms with Gasteiger partial charge in [-0.15, -0.1) is 11.3 Å². The van der Waals surface area contributed by atoms with Crippen molar-refractivity contribution in [1.29, 1.82) is 0 Å². The number of hydrogen-bond acceptors (Lipinski definition) is 5. The van der Waals surface area contributed by atoms with Crippen LogP contribution in [0.1, 0.15) is 15.4 Å². The van der Waals surface area contributed by atoms with Gasteiger partial charge in [0.05, 0.1) is 6.54 Å². The summed E-state index contributed by atoms with van der Waals surface area (Å²) in [6.07, 6.45) is 2.71. The number of thiazole rings is 1. The number of nitrogens with two attached hydrogens (primary N) is 1. The van der Waals surface area contributed by atoms with E-state index in [2.05, 4.69) is 20.6 Å². The molecule has 0 unspecified atom stereocenters. The maximum Gasteiger partial charge on any atom is 0.255 e. The molecule has 25 heavy (non-hydrogen) atoms. The number of nitrogens with one attached hydrogen (secondary N) is 2. The van der Waals surface area contributed by atoms with Crippen molar-refractivity contribution in [2.75, 3.05) is 20.2 Å². The van der Waals surface area contributed by atoms with Gasteiger partial charge in [0.25, 0.3) is 5.91 Å². The van der Waals surface area contributed by atoms with Crippen molar-refractivity contribution in [2.24, 2.45) is 10.7 Å². The standard InChI is InChI=1S/C17H23N5O2S/c1-12-9-21-16(25-12)10-22-17(19-2)20-8-7-13-3-5-14(6-4-13)24-11-15(18)23/h3-6,9H,7-8,10-11H2,1-2H3,(H2,18,23)(H2,19,20,22). The quantitative estimate of drug-likeness (QED) is 0.485. The molecule has 1 heterocycles. The number of guanidine groups is 1. The summed E-state index contributed by atoms with van der Waals surface area (Å²) in [6.45, 7) is 3.34. The lowest BCUT2D eigenvalue weighted by atomic mass is 10.1. The summed E-state index contributed by atoms with van der Waals surface area (Å²) < 4.78 is 5.23. The molecule has 0 aliphatic heterocycles. The molecular formula is C17H23N5O2S. The highest BCUT2D eigenvalue weighted by molar-refractivity contribution is 7.11. The molecule has 8 heteroatoms. The van der Waals surface area contributed by atoms with Gasteiger partial charge >= 0.3 is 0 Å². The Bertz CT molecular complexity index is 712. The third-order valence-corrected chi connectivity index (χ3v) is 4.22. The second-order valence-corrected chi connectivity index (χ2v) is 6.69. The molecular weight excluding hydrogens is 338 g/mol. The van der Waals surface area contributed by atoms with E-state index in [9.17, 15) is 4.79 Å². The molecule has 2 aromatic rings. The second-order valence-electron chi connectivity index (χ2n) is 5.37. The summed E-state index contributed by atoms with van der Waals surface area (Å²) in [6, 6.07) is 7.59. The smallest absolute Gasteiger partial charge is 0.255 e. The highest BCUT2D eigenvalue weighted by atomic mass is 32.1. The van der Waals surface area contributed by atoms with Gasteiger partial charge in [0.1, 0.15) is 10.8 Å². The first kappa shape index (κ1) is 18.7. The minimum atomic E-state index is -0.486. The summed E-state index contributed by atoms with van der Waals surface area (Å²) in [5, 5.41) is 7.55. The number of amides is 1. The van der Waals surface area contributed by atoms with E-state index in [1.165, 1.54) is 4.88 Å². The molecule has 0 saturated heterocycles. The average molecular weight is 361 g/mol. The number of nitrogens with zero attached hydrogens (tertiary/aromatic N) is 2. The highest BCUT2D eigenvalue weighted by Crippen LogP contribution is 2.12. The van der Waals surface area contributed by atoms with Crippen molar-refractivity contribution in [2.45, 2.75) is 19.9 Å². The zero-order valence-corrected chi connectivity index (χ0v) is 15.2. The molecule has 0 aliphatic rings. The molecule has 4 N–H and O–H groups in total. The maximum atomic E-state index is 10.7. The van der Waals surface area contributed by atoms with Crippen molar-refractivity contribution < 1.29 is 9.53 Å². The molecule has 0 aliphatic carbocycles. The van der Waals surface area contributed by atoms with Crippen LogP contribution in [0.5, 0.6) is 5.75 Å². The van der Waals surface area contributed by atoms with Crippen molar-refractivity contribution in [3.8, 4) is 5.75 Å². The molecule has 0 bridgehead atoms. The summed E-state index contributed by atoms with van der Waals surface area (Å²) in [5.41, 5.74) is 6.21. The van der Waals surface area contributed by atoms with Gasteiger partial charge in [-0.1, -0.05) is 12.1 Å². The number of aryl methyl sites for hydroxylation is 1. The van der Waals surface area contributed by atoms with Gasteiger partial charge in [-0.2, -0.15) is 0 Å². The van der Waals surface area contributed by atoms with Crippen molar-refractivity contribution in [3.63, 3.8) is 0 Å². The Hall–Kier alpha value is -2.61. The number of ether oxygens (including phenoxy) is 1. The predicted molar refractivity (Wildman–Crippen MR) is 99.9 cm³/mol. The summed E-state index contributed by atoms with van der Waals surface area (Å²) in [7, 11) is 1.74. The minimum absolute atomic E-state index is 0.110. The Morgan fingerprint density at radius 3 is 2.68 bits per heavy atom. The number of carbonyl (C=O) groups is 1. The van der Waals surface area contributed by atoms with E-state index in [-0.39, 0.29) is 6.61 Å². The zero-order chi connectivity index (χ0) is 18.1. The molecule has 1 amide bonds. The van der Waals surface area contributed by atoms with E-state index >= 15 is 0 Å². The molecule has 0 fully saturated rings. The Balaban J connectivity index is 1.72. The van der Waals surface area contributed by atoms with Gasteiger partial charge in [-0.05, 0) is 31.0 Å². The largest absolute Gasteiger partial charge is 0.484 e. The van der Waals surface area contributed by atoms with Crippen molar-refractivity contribution in [3.05, 3.63) is 45.9 Å². The fourth-order valence-electron chi connectivity index (χ4n) is 2.10. The number of benzene rings is 1. The maximum absolute atomic E-state index is 10.7. The molecule has 0 spiro atoms. The molecule has 2 rings (SSSR count). The topological polar surface area (TPSA) is 102 Å². The zero-order valence-electron chi connectivity index (χ0n) is 14.4. The van der Waals surface area contributed by atoms with Crippen LogP contribution in [0, 0.1) is 6.92 Å². The van der Waals surface area contributed by atoms with Crippen molar-refractivity contribution in [1.82, 2.24) is 15.6 Å². The van der Waals surface area contributed by atoms with Crippen molar-refractivity contribution >= 4 is 23.2 Å². The van der Waals surface area contributed by atoms with E-state index in [0.29, 0.717) is 12.3 Å². The molecule has 1 aromatic heterocycles. The van der Waals surface area contributed by atoms with E-state index in [4.69, 9.17) is 10.5 Å². The number of aromatic nitrogens is 1. The third-order valence-electron chi connectivity index (χ3n) is 3.31. The van der Waals surface area contributed by atoms with Crippen LogP contribution in [-0.2, 0) is 17.8 Å². The number of carbonyl (C=O) groups excluding carboxylic acids is 1. The van der Waals surface area contributed by atoms with Crippen LogP contribution in [0.2, 0.25) is 0 Å². The van der Waals surface area contributed by atoms with Crippen LogP contribution in [0.4, 0.5) is 0 Å². The van der Waals surface area contributed by atoms with Gasteiger partial charge in [0.15, 0.2) is 12.6 Å². The highest BCUT2D eigenvalue weighted by Gasteiger charge is 2.02. The molecule has 134 valence electrons. The lowest BCUT2D eigenvalue weighted by molar-refractivity contribution is -0.119. The molecule has 0 saturated carbocycles. The summed E-state index contributed by atoms with van der Waals surface area (Å²) >= 11 is 1.67. The number of aliphatic imine (C=N–C) groups is 1. The molecule has 1 aromatic carbocycles. The monoisotopic (exact) mass is 361 g/mol. The first-order valence-corrected chi connectivity index (χ1v) is 8.74. The van der Waals surface area contributed by atoms with Crippen LogP contribution >= 0.6 is 11.3 Å². The predicted octanol–water partition coefficient (Wildman–Crippen LogP) is 1.22. The normalized spacial score (nSPS) is 11.2. The van der Waals surface area contributed by atoms with E-state index in [1.54, 1.807) is 18.4 Å². The Morgan fingerprint density at radius 1 is 1.32 bits per heavy atom. The number of primary amides is 1. The Morgan fingerprint density at radius 2 is 2.08 bits per heavy atom. The van der Waals surface area contributed by atoms with E-state index in [0.717, 1.165) is 29.5 Å². The summed E-state index contributed by atoms with van der Waals surface area (Å²) in [5.74, 6) is 0.890. The fourth-order valence-corrected chi connectivity index (χ4v) is 2.82. The van der Waals surface area contributed by atoms with Crippen LogP contribution in [0.15, 0.2) is 35.5 Å². The van der Waals surface area contributed by atoms with Crippen LogP contribution in [-0.4, -0.2) is 37.1 Å². The number of hydrogen-bond donors (Lipinski definition) is 3. The van der Waals surface area contributed by atoms with Crippen LogP contribution in [0.3, 0.4) is 0 Å². The summed E-state index contributed by atoms with van der Waals surface area (Å²) in [4.78, 5) is 20.4. The lowest BCUT2D eigenvalue weighted by Gasteiger charge is -2.11. The first-order chi connectivity index (χ1) is 12.1. The van der Waals surface area contributed by atoms with Crippen LogP contribution in [0.25, 0.3) is 0 Å². The van der Waals surface area contributed by atoms with Gasteiger partial charge in [-0.3, -0.25) is 9.79 Å². The SMILES string of the molecule is CN=C(NCCc1ccc(OCC(N)=O)cc1)NCc1ncc(C)s1. The third kappa shape index (κ3) is 6.80. The van der Waals surface area contributed by atoms with Gasteiger partial charge in [0, 0.05) is 24.7 Å². The van der Waals surface area contributed by atoms with Gasteiger partial charge in [0.2, 0.25) is 0 Å². The Kier molecular flexibility index (Phi) is 7.21. The first-order valence-electron chi connectivity index (χ1n) is 7.92. The van der Waals surface area contributed by atoms with E-state index in [1.807, 2.05) is 37.4 Å². The van der Waals surface area contributed by atoms with E-state index < -0.39 is 5.91 Å². The fraction of sp³-hybridized carbons (Fsp3) is 0.353. The van der Waals surface area contributed by atoms with Crippen LogP contribution < -0.4 is 21.1 Å². The second kappa shape index (κ2) is 9.63. The average Bonchev–Trinajstić information content (AvgIpc) is 3.02. The van der Waals surface area contributed by atoms with Gasteiger partial charge in [-0.25, -0.2) is 4.98 Å². The number of rotatable bonds is 8. The van der Waals surface area contributed by atoms with Gasteiger partial charge < -0.3 is 21.1 Å². The molecule has 7 nitrogen and oxygen atoms in total. The lowest BCUT2D eigenvalue weighted by Crippen LogP contribution is -2.37. The molecule has 0 radical (unpaired) electrons. The minimum Gasteiger partial charge on any atom is -0.484 e. The molecule has 0 atom stereocenters.